The Balaban J connectivity index is 1.36. The van der Waals surface area contributed by atoms with Gasteiger partial charge in [-0.3, -0.25) is 14.6 Å². The van der Waals surface area contributed by atoms with E-state index in [9.17, 15) is 9.59 Å². The summed E-state index contributed by atoms with van der Waals surface area (Å²) in [5, 5.41) is 13.5. The minimum atomic E-state index is -0.961. The number of ether oxygens (including phenoxy) is 3. The molecule has 0 N–H and O–H groups in total. The molecule has 0 radical (unpaired) electrons. The number of carbonyl (C=O) groups excluding carboxylic acids is 2. The van der Waals surface area contributed by atoms with Gasteiger partial charge in [0.15, 0.2) is 23.6 Å². The number of fused-ring (bicyclic) bond motifs is 1. The maximum atomic E-state index is 13.3. The van der Waals surface area contributed by atoms with Gasteiger partial charge in [0.05, 0.1) is 32.1 Å². The molecule has 1 saturated heterocycles. The summed E-state index contributed by atoms with van der Waals surface area (Å²) < 4.78 is 21.6. The molecule has 2 amide bonds. The van der Waals surface area contributed by atoms with Crippen molar-refractivity contribution in [2.45, 2.75) is 25.6 Å². The highest BCUT2D eigenvalue weighted by Crippen LogP contribution is 2.37. The molecule has 3 heterocycles. The van der Waals surface area contributed by atoms with Crippen LogP contribution in [0.25, 0.3) is 11.4 Å². The van der Waals surface area contributed by atoms with Crippen molar-refractivity contribution in [2.75, 3.05) is 25.7 Å². The van der Waals surface area contributed by atoms with Crippen LogP contribution in [0.4, 0.5) is 5.69 Å². The van der Waals surface area contributed by atoms with E-state index in [0.29, 0.717) is 40.9 Å². The fourth-order valence-corrected chi connectivity index (χ4v) is 4.07. The average molecular weight is 478 g/mol. The van der Waals surface area contributed by atoms with E-state index >= 15 is 0 Å². The number of aromatic nitrogens is 2. The number of nitrogens with zero attached hydrogens (tertiary/aromatic N) is 6. The van der Waals surface area contributed by atoms with Gasteiger partial charge in [-0.25, -0.2) is 4.90 Å². The molecular formula is C23H22N6O6. The summed E-state index contributed by atoms with van der Waals surface area (Å²) in [7, 11) is 2.98. The number of hydrogen-bond donors (Lipinski definition) is 0. The van der Waals surface area contributed by atoms with Crippen LogP contribution in [0.3, 0.4) is 0 Å². The molecule has 2 aliphatic heterocycles. The van der Waals surface area contributed by atoms with Crippen LogP contribution in [-0.2, 0) is 16.1 Å². The van der Waals surface area contributed by atoms with Crippen LogP contribution in [0.5, 0.6) is 17.2 Å². The largest absolute Gasteiger partial charge is 0.493 e. The number of carbonyl (C=O) groups is 2. The summed E-state index contributed by atoms with van der Waals surface area (Å²) >= 11 is 0. The average Bonchev–Trinajstić information content (AvgIpc) is 3.57. The molecular weight excluding hydrogens is 456 g/mol. The maximum absolute atomic E-state index is 13.3. The molecule has 3 aromatic rings. The summed E-state index contributed by atoms with van der Waals surface area (Å²) in [6.45, 7) is 2.39. The number of anilines is 1. The Morgan fingerprint density at radius 1 is 1.00 bits per heavy atom. The molecule has 0 aliphatic carbocycles. The Morgan fingerprint density at radius 2 is 1.80 bits per heavy atom. The van der Waals surface area contributed by atoms with Gasteiger partial charge in [0.2, 0.25) is 11.7 Å². The molecule has 35 heavy (non-hydrogen) atoms. The number of imide groups is 1. The Hall–Kier alpha value is -4.48. The van der Waals surface area contributed by atoms with E-state index in [1.807, 2.05) is 31.2 Å². The van der Waals surface area contributed by atoms with Crippen LogP contribution >= 0.6 is 0 Å². The zero-order valence-corrected chi connectivity index (χ0v) is 19.2. The summed E-state index contributed by atoms with van der Waals surface area (Å²) in [6, 6.07) is 10.3. The van der Waals surface area contributed by atoms with Gasteiger partial charge in [-0.1, -0.05) is 22.5 Å². The molecule has 0 saturated carbocycles. The zero-order chi connectivity index (χ0) is 24.5. The van der Waals surface area contributed by atoms with E-state index in [-0.39, 0.29) is 12.4 Å². The van der Waals surface area contributed by atoms with Gasteiger partial charge in [0.1, 0.15) is 12.3 Å². The highest BCUT2D eigenvalue weighted by molar-refractivity contribution is 6.25. The molecule has 1 fully saturated rings. The van der Waals surface area contributed by atoms with Gasteiger partial charge in [0.25, 0.3) is 11.8 Å². The highest BCUT2D eigenvalue weighted by atomic mass is 16.5. The molecule has 0 bridgehead atoms. The number of rotatable bonds is 8. The summed E-state index contributed by atoms with van der Waals surface area (Å²) in [5.74, 6) is 1.13. The van der Waals surface area contributed by atoms with E-state index in [4.69, 9.17) is 18.7 Å². The van der Waals surface area contributed by atoms with Crippen LogP contribution < -0.4 is 19.1 Å². The predicted molar refractivity (Wildman–Crippen MR) is 121 cm³/mol. The van der Waals surface area contributed by atoms with Crippen molar-refractivity contribution in [1.82, 2.24) is 15.1 Å². The SMILES string of the molecule is CCOc1ccccc1-c1noc(CN2N=NC3C(=O)N(c4ccc(OC)c(OC)c4)C(=O)C32)n1. The lowest BCUT2D eigenvalue weighted by Gasteiger charge is -2.20. The van der Waals surface area contributed by atoms with Crippen LogP contribution in [0.15, 0.2) is 57.3 Å². The normalized spacial score (nSPS) is 18.8. The number of hydrogen-bond acceptors (Lipinski definition) is 11. The second-order valence-corrected chi connectivity index (χ2v) is 7.68. The first-order valence-corrected chi connectivity index (χ1v) is 10.9. The van der Waals surface area contributed by atoms with Crippen molar-refractivity contribution < 1.29 is 28.3 Å². The van der Waals surface area contributed by atoms with E-state index in [0.717, 1.165) is 4.90 Å². The molecule has 5 rings (SSSR count). The van der Waals surface area contributed by atoms with Crippen molar-refractivity contribution in [3.8, 4) is 28.6 Å². The van der Waals surface area contributed by atoms with Gasteiger partial charge in [-0.15, -0.1) is 0 Å². The summed E-state index contributed by atoms with van der Waals surface area (Å²) in [4.78, 5) is 31.8. The molecule has 12 nitrogen and oxygen atoms in total. The Kier molecular flexibility index (Phi) is 5.77. The van der Waals surface area contributed by atoms with Gasteiger partial charge in [0, 0.05) is 6.07 Å². The first-order chi connectivity index (χ1) is 17.0. The lowest BCUT2D eigenvalue weighted by molar-refractivity contribution is -0.123. The number of methoxy groups -OCH3 is 2. The van der Waals surface area contributed by atoms with Gasteiger partial charge >= 0.3 is 0 Å². The Bertz CT molecular complexity index is 1310. The van der Waals surface area contributed by atoms with Gasteiger partial charge < -0.3 is 18.7 Å². The monoisotopic (exact) mass is 478 g/mol. The third-order valence-corrected chi connectivity index (χ3v) is 5.68. The summed E-state index contributed by atoms with van der Waals surface area (Å²) in [5.41, 5.74) is 1.03. The molecule has 12 heteroatoms. The van der Waals surface area contributed by atoms with Crippen LogP contribution in [-0.4, -0.2) is 59.9 Å². The van der Waals surface area contributed by atoms with E-state index in [2.05, 4.69) is 20.5 Å². The van der Waals surface area contributed by atoms with Crippen LogP contribution in [0, 0.1) is 0 Å². The third kappa shape index (κ3) is 3.82. The maximum Gasteiger partial charge on any atom is 0.263 e. The zero-order valence-electron chi connectivity index (χ0n) is 19.2. The predicted octanol–water partition coefficient (Wildman–Crippen LogP) is 2.65. The van der Waals surface area contributed by atoms with Gasteiger partial charge in [-0.05, 0) is 31.2 Å². The first-order valence-electron chi connectivity index (χ1n) is 10.9. The van der Waals surface area contributed by atoms with Crippen LogP contribution in [0.1, 0.15) is 12.8 Å². The lowest BCUT2D eigenvalue weighted by atomic mass is 10.1. The fraction of sp³-hybridized carbons (Fsp3) is 0.304. The van der Waals surface area contributed by atoms with Crippen molar-refractivity contribution in [3.05, 3.63) is 48.4 Å². The number of benzene rings is 2. The van der Waals surface area contributed by atoms with Crippen molar-refractivity contribution in [1.29, 1.82) is 0 Å². The number of amides is 2. The molecule has 1 aromatic heterocycles. The van der Waals surface area contributed by atoms with Crippen molar-refractivity contribution in [3.63, 3.8) is 0 Å². The van der Waals surface area contributed by atoms with Gasteiger partial charge in [-0.2, -0.15) is 10.1 Å². The van der Waals surface area contributed by atoms with E-state index in [1.54, 1.807) is 18.2 Å². The molecule has 180 valence electrons. The lowest BCUT2D eigenvalue weighted by Crippen LogP contribution is -2.39. The second kappa shape index (κ2) is 9.05. The third-order valence-electron chi connectivity index (χ3n) is 5.68. The minimum absolute atomic E-state index is 0.00720. The molecule has 2 unspecified atom stereocenters. The molecule has 2 aliphatic rings. The van der Waals surface area contributed by atoms with E-state index < -0.39 is 23.9 Å². The first kappa shape index (κ1) is 22.3. The van der Waals surface area contributed by atoms with E-state index in [1.165, 1.54) is 19.2 Å². The quantitative estimate of drug-likeness (QED) is 0.448. The Morgan fingerprint density at radius 3 is 2.57 bits per heavy atom. The number of para-hydroxylation sites is 1. The standard InChI is InChI=1S/C23H22N6O6/c1-4-34-15-8-6-5-7-14(15)21-24-18(35-26-21)12-28-20-19(25-27-28)22(30)29(23(20)31)13-9-10-16(32-2)17(11-13)33-3/h5-11,19-20H,4,12H2,1-3H3. The topological polar surface area (TPSA) is 132 Å². The molecule has 2 aromatic carbocycles. The fourth-order valence-electron chi connectivity index (χ4n) is 4.07. The minimum Gasteiger partial charge on any atom is -0.493 e. The smallest absolute Gasteiger partial charge is 0.263 e. The highest BCUT2D eigenvalue weighted by Gasteiger charge is 2.55. The van der Waals surface area contributed by atoms with Crippen LogP contribution in [0.2, 0.25) is 0 Å². The summed E-state index contributed by atoms with van der Waals surface area (Å²) in [6.07, 6.45) is 0. The second-order valence-electron chi connectivity index (χ2n) is 7.68. The van der Waals surface area contributed by atoms with Crippen molar-refractivity contribution in [2.24, 2.45) is 10.3 Å². The van der Waals surface area contributed by atoms with Crippen molar-refractivity contribution >= 4 is 17.5 Å². The molecule has 2 atom stereocenters. The Labute approximate surface area is 200 Å². The molecule has 0 spiro atoms.